The molecule has 396 valence electrons. The number of carbonyl (C=O) groups is 3. The van der Waals surface area contributed by atoms with E-state index in [1.807, 2.05) is 0 Å². The number of nitrogens with one attached hydrogen (secondary N) is 1. The van der Waals surface area contributed by atoms with Crippen LogP contribution in [0.25, 0.3) is 0 Å². The summed E-state index contributed by atoms with van der Waals surface area (Å²) in [4.78, 5) is 39.8. The fourth-order valence-corrected chi connectivity index (χ4v) is 11.4. The van der Waals surface area contributed by atoms with E-state index >= 15 is 0 Å². The lowest BCUT2D eigenvalue weighted by Crippen LogP contribution is -2.51. The van der Waals surface area contributed by atoms with Crippen molar-refractivity contribution in [1.29, 1.82) is 0 Å². The van der Waals surface area contributed by atoms with E-state index < -0.39 is 121 Å². The Morgan fingerprint density at radius 1 is 0.750 bits per heavy atom. The fraction of sp³-hybridized carbons (Fsp3) is 0.478. The van der Waals surface area contributed by atoms with E-state index in [0.29, 0.717) is 53.2 Å². The molecule has 2 aromatic carbocycles. The number of aliphatic carboxylic acids is 1. The number of rotatable bonds is 23. The van der Waals surface area contributed by atoms with Gasteiger partial charge in [0.05, 0.1) is 33.3 Å². The molecule has 2 aliphatic heterocycles. The Morgan fingerprint density at radius 3 is 1.93 bits per heavy atom. The van der Waals surface area contributed by atoms with Crippen LogP contribution in [-0.4, -0.2) is 129 Å². The number of hydrogen-bond acceptors (Lipinski definition) is 13. The van der Waals surface area contributed by atoms with Gasteiger partial charge < -0.3 is 15.3 Å². The molecule has 72 heavy (non-hydrogen) atoms. The fourth-order valence-electron chi connectivity index (χ4n) is 9.44. The highest BCUT2D eigenvalue weighted by molar-refractivity contribution is 7.86. The van der Waals surface area contributed by atoms with Gasteiger partial charge in [0, 0.05) is 53.9 Å². The first-order valence-corrected chi connectivity index (χ1v) is 28.5. The second-order valence-electron chi connectivity index (χ2n) is 18.9. The molecule has 2 aromatic rings. The van der Waals surface area contributed by atoms with E-state index in [1.54, 1.807) is 37.2 Å². The van der Waals surface area contributed by atoms with Crippen molar-refractivity contribution >= 4 is 75.1 Å². The normalized spacial score (nSPS) is 20.3. The molecule has 1 atom stereocenters. The molecule has 0 amide bonds. The molecular formula is C46H57F3N3O16S4+. The number of carboxylic acid groups (broad SMARTS) is 1. The minimum Gasteiger partial charge on any atom is -0.481 e. The van der Waals surface area contributed by atoms with Crippen molar-refractivity contribution in [2.75, 3.05) is 42.6 Å². The molecule has 0 fully saturated rings. The van der Waals surface area contributed by atoms with Crippen LogP contribution in [0.2, 0.25) is 0 Å². The molecule has 5 rings (SSSR count). The Morgan fingerprint density at radius 2 is 1.35 bits per heavy atom. The first-order chi connectivity index (χ1) is 33.0. The van der Waals surface area contributed by atoms with Crippen molar-refractivity contribution in [3.8, 4) is 0 Å². The Kier molecular flexibility index (Phi) is 17.3. The Hall–Kier alpha value is -4.93. The van der Waals surface area contributed by atoms with E-state index in [0.717, 1.165) is 12.1 Å². The van der Waals surface area contributed by atoms with Crippen molar-refractivity contribution in [2.24, 2.45) is 5.41 Å². The summed E-state index contributed by atoms with van der Waals surface area (Å²) in [7, 11) is -18.4. The summed E-state index contributed by atoms with van der Waals surface area (Å²) in [5.74, 6) is -5.87. The van der Waals surface area contributed by atoms with Crippen molar-refractivity contribution in [2.45, 2.75) is 106 Å². The average molecular weight is 1090 g/mol. The zero-order valence-electron chi connectivity index (χ0n) is 39.6. The van der Waals surface area contributed by atoms with E-state index in [1.165, 1.54) is 54.6 Å². The summed E-state index contributed by atoms with van der Waals surface area (Å²) < 4.78 is 181. The first-order valence-electron chi connectivity index (χ1n) is 22.4. The molecule has 0 saturated heterocycles. The van der Waals surface area contributed by atoms with Gasteiger partial charge in [0.1, 0.15) is 12.0 Å². The largest absolute Gasteiger partial charge is 0.481 e. The molecule has 0 aromatic heterocycles. The first kappa shape index (κ1) is 58.0. The maximum absolute atomic E-state index is 14.9. The third-order valence-electron chi connectivity index (χ3n) is 12.9. The number of alkyl halides is 3. The summed E-state index contributed by atoms with van der Waals surface area (Å²) in [5, 5.41) is 11.7. The molecule has 1 aliphatic carbocycles. The highest BCUT2D eigenvalue weighted by Gasteiger charge is 2.58. The molecule has 19 nitrogen and oxygen atoms in total. The molecule has 0 saturated carbocycles. The van der Waals surface area contributed by atoms with Crippen LogP contribution in [0.1, 0.15) is 90.2 Å². The third-order valence-corrected chi connectivity index (χ3v) is 16.2. The molecule has 0 spiro atoms. The van der Waals surface area contributed by atoms with Crippen LogP contribution in [0.3, 0.4) is 0 Å². The van der Waals surface area contributed by atoms with E-state index in [-0.39, 0.29) is 50.0 Å². The summed E-state index contributed by atoms with van der Waals surface area (Å²) in [6.07, 6.45) is 0.556. The number of anilines is 1. The standard InChI is InChI=1S/C46H56F3N3O16S4/c1-43(2)34-25-32(71(63,64)65)13-15-36(34)51(20-8-22-69(57,58)59)38(43)17-11-30-24-31(28-45(27-30,42(56)46(47,48)49)40(53)29-50-19-7-5-6-10-41(54)55)12-18-39-44(3,4)35-26-33(72(66,67)68)14-16-37(35)52(39)21-9-23-70(60,61)62/h11-18,24-26,50H,5-10,19-23,27-29H2,1-4H3,(H4-,54,55,57,58,59,60,61,62,63,64,65,66,67,68)/p+1. The number of ketones is 2. The Bertz CT molecular complexity index is 3140. The minimum absolute atomic E-state index is 0.0121. The van der Waals surface area contributed by atoms with Crippen molar-refractivity contribution < 1.29 is 89.1 Å². The van der Waals surface area contributed by atoms with Crippen LogP contribution in [0, 0.1) is 5.41 Å². The van der Waals surface area contributed by atoms with Crippen LogP contribution in [0.15, 0.2) is 93.4 Å². The summed E-state index contributed by atoms with van der Waals surface area (Å²) >= 11 is 0. The third kappa shape index (κ3) is 13.8. The molecule has 3 aliphatic rings. The number of unbranched alkanes of at least 4 members (excludes halogenated alkanes) is 2. The number of hydrogen-bond donors (Lipinski definition) is 6. The van der Waals surface area contributed by atoms with Gasteiger partial charge in [0.15, 0.2) is 11.5 Å². The van der Waals surface area contributed by atoms with Crippen LogP contribution >= 0.6 is 0 Å². The number of allylic oxidation sites excluding steroid dienone is 8. The van der Waals surface area contributed by atoms with Crippen LogP contribution in [-0.2, 0) is 65.7 Å². The summed E-state index contributed by atoms with van der Waals surface area (Å²) in [6, 6.07) is 7.37. The molecular weight excluding hydrogens is 1040 g/mol. The zero-order chi connectivity index (χ0) is 54.0. The van der Waals surface area contributed by atoms with Crippen molar-refractivity contribution in [1.82, 2.24) is 5.32 Å². The van der Waals surface area contributed by atoms with Gasteiger partial charge in [-0.05, 0) is 106 Å². The van der Waals surface area contributed by atoms with Gasteiger partial charge in [-0.1, -0.05) is 38.5 Å². The molecule has 1 unspecified atom stereocenters. The number of benzene rings is 2. The molecule has 0 bridgehead atoms. The SMILES string of the molecule is CC1(C)C(/C=C/C2=CC(=C/C=C3/N(CCCS(=O)(=O)O)c4ccc(S(=O)(=O)O)cc4C3(C)C)/CC(C(=O)CNCCCCCC(=O)O)(C(=O)C(F)(F)F)C2)=[N+](CCCS(=O)(=O)O)c2ccc(S(=O)(=O)O)cc21. The van der Waals surface area contributed by atoms with Crippen LogP contribution < -0.4 is 10.2 Å². The van der Waals surface area contributed by atoms with Gasteiger partial charge in [-0.25, -0.2) is 0 Å². The molecule has 26 heteroatoms. The number of carbonyl (C=O) groups excluding carboxylic acids is 2. The molecule has 2 heterocycles. The number of nitrogens with zero attached hydrogens (tertiary/aromatic N) is 2. The lowest BCUT2D eigenvalue weighted by atomic mass is 9.66. The van der Waals surface area contributed by atoms with E-state index in [9.17, 15) is 79.4 Å². The molecule has 6 N–H and O–H groups in total. The number of Topliss-reactive ketones (excluding diaryl/α,β-unsaturated/α-hetero) is 2. The summed E-state index contributed by atoms with van der Waals surface area (Å²) in [5.41, 5.74) is -3.03. The van der Waals surface area contributed by atoms with Gasteiger partial charge in [-0.2, -0.15) is 51.4 Å². The predicted molar refractivity (Wildman–Crippen MR) is 258 cm³/mol. The van der Waals surface area contributed by atoms with Crippen LogP contribution in [0.5, 0.6) is 0 Å². The number of fused-ring (bicyclic) bond motifs is 2. The minimum atomic E-state index is -5.55. The Balaban J connectivity index is 1.70. The van der Waals surface area contributed by atoms with Gasteiger partial charge >= 0.3 is 12.1 Å². The van der Waals surface area contributed by atoms with E-state index in [2.05, 4.69) is 5.32 Å². The van der Waals surface area contributed by atoms with Gasteiger partial charge in [-0.15, -0.1) is 0 Å². The lowest BCUT2D eigenvalue weighted by Gasteiger charge is -2.36. The summed E-state index contributed by atoms with van der Waals surface area (Å²) in [6.45, 7) is 5.82. The second-order valence-corrected chi connectivity index (χ2v) is 24.9. The highest BCUT2D eigenvalue weighted by Crippen LogP contribution is 2.50. The van der Waals surface area contributed by atoms with Crippen molar-refractivity contribution in [3.05, 3.63) is 94.7 Å². The van der Waals surface area contributed by atoms with Gasteiger partial charge in [0.2, 0.25) is 11.5 Å². The zero-order valence-corrected chi connectivity index (χ0v) is 42.9. The van der Waals surface area contributed by atoms with Gasteiger partial charge in [0.25, 0.3) is 40.5 Å². The second kappa shape index (κ2) is 21.5. The smallest absolute Gasteiger partial charge is 0.451 e. The van der Waals surface area contributed by atoms with E-state index in [4.69, 9.17) is 5.11 Å². The quantitative estimate of drug-likeness (QED) is 0.0326. The maximum Gasteiger partial charge on any atom is 0.451 e. The van der Waals surface area contributed by atoms with Gasteiger partial charge in [-0.3, -0.25) is 32.6 Å². The monoisotopic (exact) mass is 1090 g/mol. The van der Waals surface area contributed by atoms with Crippen molar-refractivity contribution in [3.63, 3.8) is 0 Å². The highest BCUT2D eigenvalue weighted by atomic mass is 32.2. The number of halogens is 3. The predicted octanol–water partition coefficient (Wildman–Crippen LogP) is 5.92. The Labute approximate surface area is 416 Å². The molecule has 0 radical (unpaired) electrons. The number of carboxylic acids is 1. The lowest BCUT2D eigenvalue weighted by molar-refractivity contribution is -0.437. The van der Waals surface area contributed by atoms with Crippen LogP contribution in [0.4, 0.5) is 24.5 Å². The topological polar surface area (TPSA) is 307 Å². The maximum atomic E-state index is 14.9. The average Bonchev–Trinajstić information content (AvgIpc) is 3.59.